The van der Waals surface area contributed by atoms with Gasteiger partial charge in [0.15, 0.2) is 5.76 Å². The van der Waals surface area contributed by atoms with Gasteiger partial charge in [-0.05, 0) is 57.2 Å². The molecule has 1 unspecified atom stereocenters. The van der Waals surface area contributed by atoms with Gasteiger partial charge in [-0.15, -0.1) is 0 Å². The van der Waals surface area contributed by atoms with E-state index in [9.17, 15) is 4.79 Å². The zero-order chi connectivity index (χ0) is 19.6. The summed E-state index contributed by atoms with van der Waals surface area (Å²) in [6.45, 7) is 8.03. The smallest absolute Gasteiger partial charge is 0.287 e. The van der Waals surface area contributed by atoms with Gasteiger partial charge in [0.25, 0.3) is 5.91 Å². The Labute approximate surface area is 167 Å². The predicted octanol–water partition coefficient (Wildman–Crippen LogP) is 3.84. The largest absolute Gasteiger partial charge is 0.459 e. The van der Waals surface area contributed by atoms with Crippen molar-refractivity contribution in [2.45, 2.75) is 57.8 Å². The first-order valence-corrected chi connectivity index (χ1v) is 10.3. The standard InChI is InChI=1S/C23H30N2O3/c1-17-12-18(2)14-19(13-17)16-25-9-7-23(8-10-25)6-5-20(28-23)15-24-22(26)21-4-3-11-27-21/h3-4,11-14,20H,5-10,15-16H2,1-2H3,(H,24,26). The average Bonchev–Trinajstić information content (AvgIpc) is 3.32. The Balaban J connectivity index is 1.25. The second-order valence-corrected chi connectivity index (χ2v) is 8.42. The molecule has 0 bridgehead atoms. The number of amides is 1. The van der Waals surface area contributed by atoms with Crippen LogP contribution in [-0.4, -0.2) is 42.1 Å². The minimum absolute atomic E-state index is 0.000895. The van der Waals surface area contributed by atoms with Gasteiger partial charge in [-0.2, -0.15) is 0 Å². The van der Waals surface area contributed by atoms with Crippen molar-refractivity contribution in [1.29, 1.82) is 0 Å². The van der Waals surface area contributed by atoms with Crippen LogP contribution in [0.25, 0.3) is 0 Å². The van der Waals surface area contributed by atoms with Gasteiger partial charge in [-0.1, -0.05) is 29.3 Å². The molecule has 28 heavy (non-hydrogen) atoms. The molecular formula is C23H30N2O3. The van der Waals surface area contributed by atoms with Gasteiger partial charge >= 0.3 is 0 Å². The van der Waals surface area contributed by atoms with Crippen molar-refractivity contribution in [3.8, 4) is 0 Å². The molecule has 1 atom stereocenters. The van der Waals surface area contributed by atoms with Crippen molar-refractivity contribution in [2.24, 2.45) is 0 Å². The van der Waals surface area contributed by atoms with Crippen LogP contribution in [0.5, 0.6) is 0 Å². The Morgan fingerprint density at radius 2 is 1.93 bits per heavy atom. The van der Waals surface area contributed by atoms with E-state index < -0.39 is 0 Å². The van der Waals surface area contributed by atoms with Gasteiger partial charge in [0.05, 0.1) is 18.0 Å². The van der Waals surface area contributed by atoms with Gasteiger partial charge in [0, 0.05) is 26.2 Å². The van der Waals surface area contributed by atoms with E-state index in [4.69, 9.17) is 9.15 Å². The molecule has 2 aliphatic heterocycles. The second kappa shape index (κ2) is 8.10. The molecule has 0 saturated carbocycles. The summed E-state index contributed by atoms with van der Waals surface area (Å²) in [6, 6.07) is 10.2. The summed E-state index contributed by atoms with van der Waals surface area (Å²) in [5.74, 6) is 0.185. The molecule has 1 amide bonds. The molecule has 0 aliphatic carbocycles. The molecule has 1 aromatic carbocycles. The number of piperidine rings is 1. The summed E-state index contributed by atoms with van der Waals surface area (Å²) in [5.41, 5.74) is 4.07. The predicted molar refractivity (Wildman–Crippen MR) is 108 cm³/mol. The van der Waals surface area contributed by atoms with Crippen LogP contribution in [0, 0.1) is 13.8 Å². The molecule has 5 nitrogen and oxygen atoms in total. The molecule has 2 fully saturated rings. The molecule has 0 radical (unpaired) electrons. The first kappa shape index (κ1) is 19.2. The minimum atomic E-state index is -0.169. The summed E-state index contributed by atoms with van der Waals surface area (Å²) in [6.07, 6.45) is 5.86. The summed E-state index contributed by atoms with van der Waals surface area (Å²) in [4.78, 5) is 14.6. The summed E-state index contributed by atoms with van der Waals surface area (Å²) in [7, 11) is 0. The van der Waals surface area contributed by atoms with Crippen LogP contribution in [0.3, 0.4) is 0 Å². The Morgan fingerprint density at radius 3 is 2.61 bits per heavy atom. The van der Waals surface area contributed by atoms with E-state index in [0.29, 0.717) is 12.3 Å². The molecule has 3 heterocycles. The summed E-state index contributed by atoms with van der Waals surface area (Å²) >= 11 is 0. The van der Waals surface area contributed by atoms with Gasteiger partial charge in [-0.3, -0.25) is 9.69 Å². The number of nitrogens with one attached hydrogen (secondary N) is 1. The molecule has 1 spiro atoms. The van der Waals surface area contributed by atoms with Crippen LogP contribution < -0.4 is 5.32 Å². The van der Waals surface area contributed by atoms with Crippen molar-refractivity contribution in [2.75, 3.05) is 19.6 Å². The molecule has 2 aliphatic rings. The lowest BCUT2D eigenvalue weighted by Crippen LogP contribution is -2.44. The highest BCUT2D eigenvalue weighted by Crippen LogP contribution is 2.39. The van der Waals surface area contributed by atoms with Crippen LogP contribution in [-0.2, 0) is 11.3 Å². The van der Waals surface area contributed by atoms with E-state index in [0.717, 1.165) is 45.3 Å². The highest BCUT2D eigenvalue weighted by atomic mass is 16.5. The Hall–Kier alpha value is -2.11. The van der Waals surface area contributed by atoms with Gasteiger partial charge in [0.2, 0.25) is 0 Å². The maximum atomic E-state index is 12.0. The number of benzene rings is 1. The number of aryl methyl sites for hydroxylation is 2. The third-order valence-corrected chi connectivity index (χ3v) is 6.03. The number of furan rings is 1. The number of hydrogen-bond acceptors (Lipinski definition) is 4. The molecule has 2 saturated heterocycles. The normalized spacial score (nSPS) is 21.9. The fraction of sp³-hybridized carbons (Fsp3) is 0.522. The lowest BCUT2D eigenvalue weighted by Gasteiger charge is -2.39. The van der Waals surface area contributed by atoms with Crippen LogP contribution in [0.1, 0.15) is 52.9 Å². The first-order valence-electron chi connectivity index (χ1n) is 10.3. The number of nitrogens with zero attached hydrogens (tertiary/aromatic N) is 1. The van der Waals surface area contributed by atoms with E-state index in [-0.39, 0.29) is 17.6 Å². The molecule has 4 rings (SSSR count). The monoisotopic (exact) mass is 382 g/mol. The third-order valence-electron chi connectivity index (χ3n) is 6.03. The van der Waals surface area contributed by atoms with Gasteiger partial charge in [0.1, 0.15) is 0 Å². The molecular weight excluding hydrogens is 352 g/mol. The van der Waals surface area contributed by atoms with E-state index in [1.165, 1.54) is 23.0 Å². The number of hydrogen-bond donors (Lipinski definition) is 1. The van der Waals surface area contributed by atoms with E-state index in [1.54, 1.807) is 12.1 Å². The maximum absolute atomic E-state index is 12.0. The zero-order valence-corrected chi connectivity index (χ0v) is 16.9. The Morgan fingerprint density at radius 1 is 1.18 bits per heavy atom. The molecule has 1 N–H and O–H groups in total. The van der Waals surface area contributed by atoms with Crippen molar-refractivity contribution in [1.82, 2.24) is 10.2 Å². The van der Waals surface area contributed by atoms with Crippen molar-refractivity contribution >= 4 is 5.91 Å². The van der Waals surface area contributed by atoms with Crippen molar-refractivity contribution in [3.05, 3.63) is 59.0 Å². The molecule has 150 valence electrons. The first-order chi connectivity index (χ1) is 13.5. The second-order valence-electron chi connectivity index (χ2n) is 8.42. The lowest BCUT2D eigenvalue weighted by molar-refractivity contribution is -0.0764. The average molecular weight is 383 g/mol. The summed E-state index contributed by atoms with van der Waals surface area (Å²) in [5, 5.41) is 2.93. The van der Waals surface area contributed by atoms with Crippen LogP contribution in [0.15, 0.2) is 41.0 Å². The number of rotatable bonds is 5. The van der Waals surface area contributed by atoms with E-state index in [1.807, 2.05) is 0 Å². The molecule has 1 aromatic heterocycles. The number of ether oxygens (including phenoxy) is 1. The van der Waals surface area contributed by atoms with Crippen molar-refractivity contribution < 1.29 is 13.9 Å². The number of carbonyl (C=O) groups is 1. The Bertz CT molecular complexity index is 787. The topological polar surface area (TPSA) is 54.7 Å². The van der Waals surface area contributed by atoms with E-state index >= 15 is 0 Å². The Kier molecular flexibility index (Phi) is 5.56. The fourth-order valence-electron chi connectivity index (χ4n) is 4.65. The van der Waals surface area contributed by atoms with E-state index in [2.05, 4.69) is 42.3 Å². The van der Waals surface area contributed by atoms with Gasteiger partial charge < -0.3 is 14.5 Å². The quantitative estimate of drug-likeness (QED) is 0.854. The number of carbonyl (C=O) groups excluding carboxylic acids is 1. The zero-order valence-electron chi connectivity index (χ0n) is 16.9. The van der Waals surface area contributed by atoms with Crippen LogP contribution in [0.2, 0.25) is 0 Å². The van der Waals surface area contributed by atoms with Gasteiger partial charge in [-0.25, -0.2) is 0 Å². The highest BCUT2D eigenvalue weighted by Gasteiger charge is 2.42. The molecule has 2 aromatic rings. The molecule has 5 heteroatoms. The number of likely N-dealkylation sites (tertiary alicyclic amines) is 1. The minimum Gasteiger partial charge on any atom is -0.459 e. The van der Waals surface area contributed by atoms with Crippen molar-refractivity contribution in [3.63, 3.8) is 0 Å². The van der Waals surface area contributed by atoms with Crippen LogP contribution >= 0.6 is 0 Å². The fourth-order valence-corrected chi connectivity index (χ4v) is 4.65. The summed E-state index contributed by atoms with van der Waals surface area (Å²) < 4.78 is 11.6. The van der Waals surface area contributed by atoms with Crippen LogP contribution in [0.4, 0.5) is 0 Å². The SMILES string of the molecule is Cc1cc(C)cc(CN2CCC3(CCC(CNC(=O)c4ccco4)O3)CC2)c1. The lowest BCUT2D eigenvalue weighted by atomic mass is 9.88. The maximum Gasteiger partial charge on any atom is 0.287 e. The third kappa shape index (κ3) is 4.47. The highest BCUT2D eigenvalue weighted by molar-refractivity contribution is 5.91.